The maximum absolute atomic E-state index is 15.2. The van der Waals surface area contributed by atoms with Crippen molar-refractivity contribution >= 4 is 23.6 Å². The number of carbonyl (C=O) groups excluding carboxylic acids is 1. The lowest BCUT2D eigenvalue weighted by Gasteiger charge is -2.44. The molecule has 0 N–H and O–H groups in total. The van der Waals surface area contributed by atoms with Crippen LogP contribution < -0.4 is 4.90 Å². The summed E-state index contributed by atoms with van der Waals surface area (Å²) in [7, 11) is 1.74. The van der Waals surface area contributed by atoms with Crippen LogP contribution in [0.2, 0.25) is 5.15 Å². The number of rotatable bonds is 2. The van der Waals surface area contributed by atoms with Gasteiger partial charge in [-0.05, 0) is 40.0 Å². The van der Waals surface area contributed by atoms with Crippen LogP contribution in [0.1, 0.15) is 40.0 Å². The first-order valence-electron chi connectivity index (χ1n) is 8.41. The number of nitrogens with zero attached hydrogens (tertiary/aromatic N) is 5. The van der Waals surface area contributed by atoms with Crippen molar-refractivity contribution in [2.24, 2.45) is 0 Å². The number of alkyl halides is 1. The molecule has 2 aliphatic rings. The van der Waals surface area contributed by atoms with E-state index in [1.807, 2.05) is 20.8 Å². The Morgan fingerprint density at radius 1 is 1.40 bits per heavy atom. The van der Waals surface area contributed by atoms with Crippen LogP contribution in [-0.4, -0.2) is 63.1 Å². The van der Waals surface area contributed by atoms with Crippen LogP contribution in [0.3, 0.4) is 0 Å². The van der Waals surface area contributed by atoms with E-state index in [2.05, 4.69) is 15.2 Å². The van der Waals surface area contributed by atoms with Gasteiger partial charge in [-0.3, -0.25) is 4.90 Å². The number of hydrogen-bond donors (Lipinski definition) is 0. The molecule has 1 aromatic heterocycles. The van der Waals surface area contributed by atoms with Crippen molar-refractivity contribution in [2.75, 3.05) is 11.9 Å². The van der Waals surface area contributed by atoms with Crippen LogP contribution >= 0.6 is 11.6 Å². The Morgan fingerprint density at radius 2 is 2.12 bits per heavy atom. The summed E-state index contributed by atoms with van der Waals surface area (Å²) >= 11 is 5.71. The minimum Gasteiger partial charge on any atom is -0.444 e. The van der Waals surface area contributed by atoms with E-state index in [4.69, 9.17) is 16.3 Å². The predicted octanol–water partition coefficient (Wildman–Crippen LogP) is 2.84. The van der Waals surface area contributed by atoms with E-state index >= 15 is 4.39 Å². The van der Waals surface area contributed by atoms with Crippen LogP contribution in [-0.2, 0) is 4.74 Å². The second-order valence-corrected chi connectivity index (χ2v) is 8.01. The highest BCUT2D eigenvalue weighted by atomic mass is 35.5. The third-order valence-electron chi connectivity index (χ3n) is 4.73. The van der Waals surface area contributed by atoms with Crippen molar-refractivity contribution in [3.63, 3.8) is 0 Å². The topological polar surface area (TPSA) is 71.5 Å². The number of fused-ring (bicyclic) bond motifs is 2. The molecule has 7 nitrogen and oxygen atoms in total. The number of halogens is 2. The van der Waals surface area contributed by atoms with E-state index in [1.54, 1.807) is 16.8 Å². The molecule has 2 aliphatic heterocycles. The first-order valence-corrected chi connectivity index (χ1v) is 8.78. The molecule has 138 valence electrons. The number of piperidine rings is 1. The van der Waals surface area contributed by atoms with Crippen molar-refractivity contribution in [1.82, 2.24) is 20.1 Å². The minimum atomic E-state index is -1.21. The zero-order chi connectivity index (χ0) is 18.4. The largest absolute Gasteiger partial charge is 0.444 e. The van der Waals surface area contributed by atoms with E-state index in [0.717, 1.165) is 6.42 Å². The molecular formula is C16H23ClFN5O2. The molecule has 1 amide bonds. The van der Waals surface area contributed by atoms with Crippen LogP contribution in [0.15, 0.2) is 6.20 Å². The zero-order valence-electron chi connectivity index (χ0n) is 14.8. The Hall–Kier alpha value is -1.70. The van der Waals surface area contributed by atoms with Crippen molar-refractivity contribution in [2.45, 2.75) is 69.9 Å². The van der Waals surface area contributed by atoms with Gasteiger partial charge < -0.3 is 9.64 Å². The van der Waals surface area contributed by atoms with Crippen molar-refractivity contribution in [1.29, 1.82) is 0 Å². The first-order chi connectivity index (χ1) is 11.7. The maximum Gasteiger partial charge on any atom is 0.410 e. The Kier molecular flexibility index (Phi) is 4.74. The fourth-order valence-electron chi connectivity index (χ4n) is 3.66. The molecule has 0 saturated carbocycles. The van der Waals surface area contributed by atoms with Gasteiger partial charge in [0.15, 0.2) is 5.15 Å². The van der Waals surface area contributed by atoms with Gasteiger partial charge in [0.1, 0.15) is 11.8 Å². The predicted molar refractivity (Wildman–Crippen MR) is 91.4 cm³/mol. The molecule has 0 unspecified atom stereocenters. The number of carbonyl (C=O) groups is 1. The summed E-state index contributed by atoms with van der Waals surface area (Å²) in [5.74, 6) is 0.321. The monoisotopic (exact) mass is 371 g/mol. The molecule has 3 rings (SSSR count). The SMILES string of the molecule is CN(c1ncc(Cl)nn1)[C@H]1C[C@@H]2CC[C@H]([C@H]1F)N2C(=O)OC(C)(C)C. The molecule has 1 aromatic rings. The number of amides is 1. The quantitative estimate of drug-likeness (QED) is 0.796. The lowest BCUT2D eigenvalue weighted by Crippen LogP contribution is -2.59. The van der Waals surface area contributed by atoms with Crippen LogP contribution in [0.4, 0.5) is 15.1 Å². The summed E-state index contributed by atoms with van der Waals surface area (Å²) in [6.45, 7) is 5.43. The van der Waals surface area contributed by atoms with Gasteiger partial charge in [0.25, 0.3) is 0 Å². The van der Waals surface area contributed by atoms with Gasteiger partial charge in [-0.25, -0.2) is 14.2 Å². The summed E-state index contributed by atoms with van der Waals surface area (Å²) < 4.78 is 20.7. The average Bonchev–Trinajstić information content (AvgIpc) is 2.87. The highest BCUT2D eigenvalue weighted by Crippen LogP contribution is 2.40. The highest BCUT2D eigenvalue weighted by Gasteiger charge is 2.52. The Bertz CT molecular complexity index is 638. The van der Waals surface area contributed by atoms with Crippen LogP contribution in [0.25, 0.3) is 0 Å². The molecule has 2 saturated heterocycles. The lowest BCUT2D eigenvalue weighted by atomic mass is 9.94. The maximum atomic E-state index is 15.2. The molecule has 0 aliphatic carbocycles. The molecule has 9 heteroatoms. The third kappa shape index (κ3) is 3.63. The van der Waals surface area contributed by atoms with Crippen molar-refractivity contribution in [3.8, 4) is 0 Å². The van der Waals surface area contributed by atoms with E-state index in [0.29, 0.717) is 18.8 Å². The molecule has 0 radical (unpaired) electrons. The van der Waals surface area contributed by atoms with E-state index in [1.165, 1.54) is 6.20 Å². The van der Waals surface area contributed by atoms with Gasteiger partial charge in [-0.15, -0.1) is 10.2 Å². The standard InChI is InChI=1S/C16H23ClFN5O2/c1-16(2,3)25-15(24)23-9-5-6-10(23)13(18)11(7-9)22(4)14-19-8-12(17)20-21-14/h8-11,13H,5-7H2,1-4H3/t9-,10+,11-,13+/m0/s1. The van der Waals surface area contributed by atoms with Crippen molar-refractivity contribution in [3.05, 3.63) is 11.3 Å². The first kappa shape index (κ1) is 18.1. The van der Waals surface area contributed by atoms with Gasteiger partial charge >= 0.3 is 6.09 Å². The molecule has 0 aromatic carbocycles. The molecule has 2 fully saturated rings. The molecule has 25 heavy (non-hydrogen) atoms. The molecule has 3 heterocycles. The van der Waals surface area contributed by atoms with E-state index in [9.17, 15) is 4.79 Å². The summed E-state index contributed by atoms with van der Waals surface area (Å²) in [5.41, 5.74) is -0.598. The van der Waals surface area contributed by atoms with E-state index in [-0.39, 0.29) is 11.2 Å². The molecular weight excluding hydrogens is 349 g/mol. The van der Waals surface area contributed by atoms with Gasteiger partial charge in [0, 0.05) is 13.1 Å². The Balaban J connectivity index is 1.76. The Labute approximate surface area is 151 Å². The number of anilines is 1. The second kappa shape index (κ2) is 6.55. The van der Waals surface area contributed by atoms with Gasteiger partial charge in [-0.1, -0.05) is 11.6 Å². The summed E-state index contributed by atoms with van der Waals surface area (Å²) in [6, 6.07) is -0.944. The lowest BCUT2D eigenvalue weighted by molar-refractivity contribution is -0.0104. The zero-order valence-corrected chi connectivity index (χ0v) is 15.6. The van der Waals surface area contributed by atoms with E-state index < -0.39 is 29.9 Å². The fraction of sp³-hybridized carbons (Fsp3) is 0.750. The summed E-state index contributed by atoms with van der Waals surface area (Å²) in [5, 5.41) is 7.87. The number of hydrogen-bond acceptors (Lipinski definition) is 6. The van der Waals surface area contributed by atoms with Gasteiger partial charge in [0.2, 0.25) is 5.95 Å². The average molecular weight is 372 g/mol. The molecule has 4 atom stereocenters. The highest BCUT2D eigenvalue weighted by molar-refractivity contribution is 6.29. The summed E-state index contributed by atoms with van der Waals surface area (Å²) in [6.07, 6.45) is 1.64. The number of aromatic nitrogens is 3. The van der Waals surface area contributed by atoms with Crippen LogP contribution in [0, 0.1) is 0 Å². The molecule has 2 bridgehead atoms. The third-order valence-corrected chi connectivity index (χ3v) is 4.91. The Morgan fingerprint density at radius 3 is 2.72 bits per heavy atom. The van der Waals surface area contributed by atoms with Gasteiger partial charge in [0.05, 0.1) is 18.3 Å². The molecule has 0 spiro atoms. The summed E-state index contributed by atoms with van der Waals surface area (Å²) in [4.78, 5) is 19.9. The van der Waals surface area contributed by atoms with Crippen molar-refractivity contribution < 1.29 is 13.9 Å². The fourth-order valence-corrected chi connectivity index (χ4v) is 3.74. The van der Waals surface area contributed by atoms with Crippen LogP contribution in [0.5, 0.6) is 0 Å². The second-order valence-electron chi connectivity index (χ2n) is 7.63. The van der Waals surface area contributed by atoms with Gasteiger partial charge in [-0.2, -0.15) is 0 Å². The number of ether oxygens (including phenoxy) is 1. The smallest absolute Gasteiger partial charge is 0.410 e. The normalized spacial score (nSPS) is 28.8. The minimum absolute atomic E-state index is 0.0421.